The Morgan fingerprint density at radius 3 is 2.50 bits per heavy atom. The van der Waals surface area contributed by atoms with Crippen molar-refractivity contribution in [2.45, 2.75) is 69.2 Å². The fourth-order valence-electron chi connectivity index (χ4n) is 3.31. The highest BCUT2D eigenvalue weighted by Crippen LogP contribution is 2.60. The second kappa shape index (κ2) is 3.62. The highest BCUT2D eigenvalue weighted by atomic mass is 19.3. The Morgan fingerprint density at radius 2 is 2.00 bits per heavy atom. The number of piperazine rings is 1. The summed E-state index contributed by atoms with van der Waals surface area (Å²) < 4.78 is 32.6. The molecular weight excluding hydrogens is 270 g/mol. The minimum absolute atomic E-state index is 0.400. The van der Waals surface area contributed by atoms with Crippen LogP contribution in [0.1, 0.15) is 40.0 Å². The van der Waals surface area contributed by atoms with Crippen molar-refractivity contribution >= 4 is 12.0 Å². The van der Waals surface area contributed by atoms with Gasteiger partial charge in [-0.1, -0.05) is 0 Å². The molecule has 1 N–H and O–H groups in total. The molecule has 3 rings (SSSR count). The van der Waals surface area contributed by atoms with Crippen molar-refractivity contribution in [1.82, 2.24) is 10.2 Å². The molecule has 3 unspecified atom stereocenters. The first-order valence-corrected chi connectivity index (χ1v) is 6.79. The third-order valence-corrected chi connectivity index (χ3v) is 4.24. The van der Waals surface area contributed by atoms with Crippen LogP contribution < -0.4 is 5.32 Å². The maximum Gasteiger partial charge on any atom is 0.411 e. The van der Waals surface area contributed by atoms with Gasteiger partial charge in [-0.05, 0) is 33.6 Å². The Labute approximate surface area is 115 Å². The van der Waals surface area contributed by atoms with Crippen LogP contribution in [0.5, 0.6) is 0 Å². The van der Waals surface area contributed by atoms with E-state index in [1.807, 2.05) is 0 Å². The Bertz CT molecular complexity index is 488. The third kappa shape index (κ3) is 1.71. The highest BCUT2D eigenvalue weighted by Gasteiger charge is 2.80. The summed E-state index contributed by atoms with van der Waals surface area (Å²) in [5, 5.41) is 2.43. The monoisotopic (exact) mass is 288 g/mol. The van der Waals surface area contributed by atoms with Crippen molar-refractivity contribution in [3.63, 3.8) is 0 Å². The predicted molar refractivity (Wildman–Crippen MR) is 65.3 cm³/mol. The first kappa shape index (κ1) is 13.6. The SMILES string of the molecule is CC(C)(C)OC(=O)N1C2CCC1C1(CC1(F)F)NC2=O. The molecule has 112 valence electrons. The maximum absolute atomic E-state index is 13.7. The molecule has 0 radical (unpaired) electrons. The molecular formula is C13H18F2N2O3. The molecule has 2 saturated heterocycles. The van der Waals surface area contributed by atoms with Crippen LogP contribution in [0.3, 0.4) is 0 Å². The molecule has 3 atom stereocenters. The van der Waals surface area contributed by atoms with Gasteiger partial charge in [0.05, 0.1) is 6.04 Å². The van der Waals surface area contributed by atoms with Crippen LogP contribution in [0.2, 0.25) is 0 Å². The molecule has 1 aliphatic carbocycles. The number of ether oxygens (including phenoxy) is 1. The first-order valence-electron chi connectivity index (χ1n) is 6.79. The van der Waals surface area contributed by atoms with Gasteiger partial charge in [-0.2, -0.15) is 0 Å². The molecule has 1 saturated carbocycles. The number of carbonyl (C=O) groups excluding carboxylic acids is 2. The van der Waals surface area contributed by atoms with Crippen molar-refractivity contribution in [2.24, 2.45) is 0 Å². The Hall–Kier alpha value is -1.40. The zero-order valence-corrected chi connectivity index (χ0v) is 11.7. The second-order valence-electron chi connectivity index (χ2n) is 6.84. The lowest BCUT2D eigenvalue weighted by molar-refractivity contribution is -0.133. The molecule has 3 fully saturated rings. The lowest BCUT2D eigenvalue weighted by Gasteiger charge is -2.40. The van der Waals surface area contributed by atoms with Crippen molar-refractivity contribution < 1.29 is 23.1 Å². The number of fused-ring (bicyclic) bond motifs is 3. The van der Waals surface area contributed by atoms with E-state index in [2.05, 4.69) is 5.32 Å². The van der Waals surface area contributed by atoms with E-state index < -0.39 is 47.6 Å². The highest BCUT2D eigenvalue weighted by molar-refractivity contribution is 5.90. The molecule has 7 heteroatoms. The largest absolute Gasteiger partial charge is 0.444 e. The quantitative estimate of drug-likeness (QED) is 0.737. The molecule has 5 nitrogen and oxygen atoms in total. The molecule has 2 heterocycles. The molecule has 2 aliphatic heterocycles. The molecule has 2 amide bonds. The minimum Gasteiger partial charge on any atom is -0.444 e. The maximum atomic E-state index is 13.7. The number of hydrogen-bond donors (Lipinski definition) is 1. The van der Waals surface area contributed by atoms with Crippen LogP contribution >= 0.6 is 0 Å². The topological polar surface area (TPSA) is 58.6 Å². The van der Waals surface area contributed by atoms with E-state index in [-0.39, 0.29) is 0 Å². The number of halogens is 2. The van der Waals surface area contributed by atoms with Crippen molar-refractivity contribution in [3.05, 3.63) is 0 Å². The number of rotatable bonds is 0. The van der Waals surface area contributed by atoms with Gasteiger partial charge in [-0.25, -0.2) is 13.6 Å². The van der Waals surface area contributed by atoms with E-state index in [0.29, 0.717) is 12.8 Å². The summed E-state index contributed by atoms with van der Waals surface area (Å²) in [6.07, 6.45) is -0.268. The van der Waals surface area contributed by atoms with Gasteiger partial charge in [0.15, 0.2) is 0 Å². The van der Waals surface area contributed by atoms with E-state index in [0.717, 1.165) is 0 Å². The van der Waals surface area contributed by atoms with Crippen LogP contribution in [0, 0.1) is 0 Å². The number of hydrogen-bond acceptors (Lipinski definition) is 3. The number of nitrogens with zero attached hydrogens (tertiary/aromatic N) is 1. The Balaban J connectivity index is 1.89. The van der Waals surface area contributed by atoms with E-state index in [9.17, 15) is 18.4 Å². The number of alkyl halides is 2. The van der Waals surface area contributed by atoms with Crippen molar-refractivity contribution in [3.8, 4) is 0 Å². The minimum atomic E-state index is -2.94. The van der Waals surface area contributed by atoms with Crippen LogP contribution in [0.4, 0.5) is 13.6 Å². The van der Waals surface area contributed by atoms with Crippen LogP contribution in [0.25, 0.3) is 0 Å². The van der Waals surface area contributed by atoms with E-state index in [1.165, 1.54) is 4.90 Å². The molecule has 3 aliphatic rings. The fourth-order valence-corrected chi connectivity index (χ4v) is 3.31. The molecule has 0 aromatic carbocycles. The Kier molecular flexibility index (Phi) is 2.46. The second-order valence-corrected chi connectivity index (χ2v) is 6.84. The van der Waals surface area contributed by atoms with E-state index in [4.69, 9.17) is 4.74 Å². The summed E-state index contributed by atoms with van der Waals surface area (Å²) in [5.74, 6) is -3.44. The average molecular weight is 288 g/mol. The summed E-state index contributed by atoms with van der Waals surface area (Å²) >= 11 is 0. The molecule has 0 aromatic heterocycles. The summed E-state index contributed by atoms with van der Waals surface area (Å²) in [6, 6.07) is -1.35. The molecule has 2 bridgehead atoms. The summed E-state index contributed by atoms with van der Waals surface area (Å²) in [4.78, 5) is 25.4. The average Bonchev–Trinajstić information content (AvgIpc) is 2.68. The van der Waals surface area contributed by atoms with Crippen molar-refractivity contribution in [2.75, 3.05) is 0 Å². The third-order valence-electron chi connectivity index (χ3n) is 4.24. The number of amides is 2. The Morgan fingerprint density at radius 1 is 1.40 bits per heavy atom. The van der Waals surface area contributed by atoms with Crippen LogP contribution in [-0.2, 0) is 9.53 Å². The van der Waals surface area contributed by atoms with Crippen LogP contribution in [0.15, 0.2) is 0 Å². The van der Waals surface area contributed by atoms with Gasteiger partial charge in [0.25, 0.3) is 5.92 Å². The van der Waals surface area contributed by atoms with Gasteiger partial charge < -0.3 is 10.1 Å². The van der Waals surface area contributed by atoms with Gasteiger partial charge in [0.1, 0.15) is 17.2 Å². The first-order chi connectivity index (χ1) is 9.07. The molecule has 0 aromatic rings. The number of nitrogens with one attached hydrogen (secondary N) is 1. The summed E-state index contributed by atoms with van der Waals surface area (Å²) in [5.41, 5.74) is -2.29. The van der Waals surface area contributed by atoms with Crippen molar-refractivity contribution in [1.29, 1.82) is 0 Å². The normalized spacial score (nSPS) is 37.9. The van der Waals surface area contributed by atoms with Gasteiger partial charge in [-0.15, -0.1) is 0 Å². The van der Waals surface area contributed by atoms with Gasteiger partial charge in [0.2, 0.25) is 5.91 Å². The zero-order chi connectivity index (χ0) is 14.9. The molecule has 20 heavy (non-hydrogen) atoms. The lowest BCUT2D eigenvalue weighted by atomic mass is 10.0. The van der Waals surface area contributed by atoms with E-state index >= 15 is 0 Å². The van der Waals surface area contributed by atoms with Gasteiger partial charge >= 0.3 is 6.09 Å². The van der Waals surface area contributed by atoms with E-state index in [1.54, 1.807) is 20.8 Å². The van der Waals surface area contributed by atoms with Gasteiger partial charge in [0, 0.05) is 6.42 Å². The standard InChI is InChI=1S/C13H18F2N2O3/c1-11(2,3)20-10(19)17-7-4-5-8(17)12(16-9(7)18)6-13(12,14)15/h7-8H,4-6H2,1-3H3,(H,16,18). The van der Waals surface area contributed by atoms with Crippen LogP contribution in [-0.4, -0.2) is 46.0 Å². The lowest BCUT2D eigenvalue weighted by Crippen LogP contribution is -2.66. The smallest absolute Gasteiger partial charge is 0.411 e. The summed E-state index contributed by atoms with van der Waals surface area (Å²) in [7, 11) is 0. The zero-order valence-electron chi connectivity index (χ0n) is 11.7. The number of carbonyl (C=O) groups is 2. The fraction of sp³-hybridized carbons (Fsp3) is 0.846. The molecule has 1 spiro atoms. The summed E-state index contributed by atoms with van der Waals surface area (Å²) in [6.45, 7) is 5.12. The predicted octanol–water partition coefficient (Wildman–Crippen LogP) is 1.66. The van der Waals surface area contributed by atoms with Gasteiger partial charge in [-0.3, -0.25) is 9.69 Å².